The van der Waals surface area contributed by atoms with Crippen LogP contribution in [0.2, 0.25) is 0 Å². The Balaban J connectivity index is 1.87. The van der Waals surface area contributed by atoms with E-state index in [0.717, 1.165) is 11.8 Å². The molecule has 0 aromatic rings. The van der Waals surface area contributed by atoms with E-state index in [1.807, 2.05) is 6.26 Å². The fraction of sp³-hybridized carbons (Fsp3) is 0.750. The molecule has 0 bridgehead atoms. The van der Waals surface area contributed by atoms with Gasteiger partial charge in [-0.05, 0) is 18.4 Å². The molecule has 30 heavy (non-hydrogen) atoms. The summed E-state index contributed by atoms with van der Waals surface area (Å²) in [5.74, 6) is 0.329. The molecule has 0 saturated carbocycles. The Kier molecular flexibility index (Phi) is 7.14. The van der Waals surface area contributed by atoms with Crippen LogP contribution in [0.1, 0.15) is 12.8 Å². The molecule has 0 amide bonds. The number of thioether (sulfide) groups is 2. The Bertz CT molecular complexity index is 766. The summed E-state index contributed by atoms with van der Waals surface area (Å²) in [5, 5.41) is 38.2. The number of aliphatic imine (C=N–C) groups is 3. The van der Waals surface area contributed by atoms with Gasteiger partial charge in [0.15, 0.2) is 28.6 Å². The minimum absolute atomic E-state index is 0.0127. The molecular formula is C16H22F3N5O4S2. The van der Waals surface area contributed by atoms with Gasteiger partial charge in [-0.3, -0.25) is 15.3 Å². The maximum Gasteiger partial charge on any atom is 0.389 e. The number of nitrogens with one attached hydrogen (secondary N) is 1. The van der Waals surface area contributed by atoms with Crippen molar-refractivity contribution in [3.05, 3.63) is 0 Å². The lowest BCUT2D eigenvalue weighted by atomic mass is 9.93. The quantitative estimate of drug-likeness (QED) is 0.431. The van der Waals surface area contributed by atoms with Gasteiger partial charge < -0.3 is 20.1 Å². The van der Waals surface area contributed by atoms with Gasteiger partial charge >= 0.3 is 6.18 Å². The van der Waals surface area contributed by atoms with Gasteiger partial charge in [-0.15, -0.1) is 0 Å². The molecule has 0 radical (unpaired) electrons. The lowest BCUT2D eigenvalue weighted by Crippen LogP contribution is -2.54. The van der Waals surface area contributed by atoms with Crippen LogP contribution < -0.4 is 0 Å². The van der Waals surface area contributed by atoms with Gasteiger partial charge in [-0.2, -0.15) is 24.9 Å². The first-order valence-corrected chi connectivity index (χ1v) is 11.4. The van der Waals surface area contributed by atoms with E-state index in [2.05, 4.69) is 15.0 Å². The Hall–Kier alpha value is -1.19. The van der Waals surface area contributed by atoms with Crippen molar-refractivity contribution in [2.45, 2.75) is 49.1 Å². The number of aliphatic hydroxyl groups is 3. The summed E-state index contributed by atoms with van der Waals surface area (Å²) in [6.45, 7) is -0.514. The van der Waals surface area contributed by atoms with Crippen molar-refractivity contribution in [3.63, 3.8) is 0 Å². The van der Waals surface area contributed by atoms with Crippen molar-refractivity contribution in [1.29, 1.82) is 5.41 Å². The van der Waals surface area contributed by atoms with E-state index >= 15 is 0 Å². The summed E-state index contributed by atoms with van der Waals surface area (Å²) in [5.41, 5.74) is -1.25. The molecule has 4 N–H and O–H groups in total. The standard InChI is InChI=1S/C16H22F3N5O4S2/c1-29-4-2-15-12(20)22-14(30-5-3-16(17,18)19)23-13(15)24(7-21-15)11-10(27)9(26)8(6-25)28-11/h7-11,20,25-27H,2-6H2,1H3/t8-,9-,10-,11-,15?/m1/s1. The van der Waals surface area contributed by atoms with Crippen LogP contribution in [0.4, 0.5) is 13.2 Å². The van der Waals surface area contributed by atoms with E-state index in [1.54, 1.807) is 0 Å². The maximum atomic E-state index is 12.5. The summed E-state index contributed by atoms with van der Waals surface area (Å²) in [6, 6.07) is 0. The highest BCUT2D eigenvalue weighted by atomic mass is 32.2. The highest BCUT2D eigenvalue weighted by molar-refractivity contribution is 8.13. The molecule has 14 heteroatoms. The van der Waals surface area contributed by atoms with Crippen molar-refractivity contribution in [2.24, 2.45) is 15.0 Å². The minimum atomic E-state index is -4.31. The molecular weight excluding hydrogens is 447 g/mol. The van der Waals surface area contributed by atoms with E-state index in [9.17, 15) is 28.5 Å². The molecule has 0 aromatic heterocycles. The molecule has 168 valence electrons. The molecule has 0 spiro atoms. The van der Waals surface area contributed by atoms with Crippen molar-refractivity contribution >= 4 is 46.7 Å². The molecule has 9 nitrogen and oxygen atoms in total. The fourth-order valence-corrected chi connectivity index (χ4v) is 4.59. The zero-order valence-corrected chi connectivity index (χ0v) is 17.5. The second-order valence-electron chi connectivity index (χ2n) is 6.88. The van der Waals surface area contributed by atoms with Gasteiger partial charge in [0.1, 0.15) is 18.3 Å². The van der Waals surface area contributed by atoms with Crippen LogP contribution in [0, 0.1) is 5.41 Å². The van der Waals surface area contributed by atoms with Crippen LogP contribution in [0.15, 0.2) is 15.0 Å². The largest absolute Gasteiger partial charge is 0.394 e. The number of ether oxygens (including phenoxy) is 1. The maximum absolute atomic E-state index is 12.5. The number of rotatable bonds is 7. The summed E-state index contributed by atoms with van der Waals surface area (Å²) in [6.07, 6.45) is -6.64. The number of alkyl halides is 3. The molecule has 3 heterocycles. The Morgan fingerprint density at radius 2 is 2.00 bits per heavy atom. The van der Waals surface area contributed by atoms with Crippen LogP contribution in [-0.4, -0.2) is 104 Å². The third-order valence-electron chi connectivity index (χ3n) is 4.89. The Morgan fingerprint density at radius 3 is 2.60 bits per heavy atom. The van der Waals surface area contributed by atoms with Crippen molar-refractivity contribution in [2.75, 3.05) is 24.4 Å². The second-order valence-corrected chi connectivity index (χ2v) is 8.92. The van der Waals surface area contributed by atoms with Crippen LogP contribution in [0.5, 0.6) is 0 Å². The predicted molar refractivity (Wildman–Crippen MR) is 110 cm³/mol. The van der Waals surface area contributed by atoms with Gasteiger partial charge in [-0.25, -0.2) is 9.98 Å². The fourth-order valence-electron chi connectivity index (χ4n) is 3.27. The third-order valence-corrected chi connectivity index (χ3v) is 6.36. The molecule has 0 aliphatic carbocycles. The number of aliphatic hydroxyl groups excluding tert-OH is 3. The Morgan fingerprint density at radius 1 is 1.27 bits per heavy atom. The number of halogens is 3. The second kappa shape index (κ2) is 9.12. The number of nitrogens with zero attached hydrogens (tertiary/aromatic N) is 4. The minimum Gasteiger partial charge on any atom is -0.394 e. The lowest BCUT2D eigenvalue weighted by Gasteiger charge is -2.34. The Labute approximate surface area is 179 Å². The van der Waals surface area contributed by atoms with Gasteiger partial charge in [-0.1, -0.05) is 11.8 Å². The molecule has 0 aromatic carbocycles. The predicted octanol–water partition coefficient (Wildman–Crippen LogP) is 0.692. The van der Waals surface area contributed by atoms with Crippen LogP contribution in [-0.2, 0) is 4.74 Å². The number of fused-ring (bicyclic) bond motifs is 1. The first-order chi connectivity index (χ1) is 14.1. The number of hydrogen-bond donors (Lipinski definition) is 4. The van der Waals surface area contributed by atoms with Crippen LogP contribution in [0.25, 0.3) is 0 Å². The smallest absolute Gasteiger partial charge is 0.389 e. The van der Waals surface area contributed by atoms with Crippen LogP contribution >= 0.6 is 23.5 Å². The van der Waals surface area contributed by atoms with Crippen molar-refractivity contribution in [1.82, 2.24) is 4.90 Å². The number of hydrogen-bond acceptors (Lipinski definition) is 10. The summed E-state index contributed by atoms with van der Waals surface area (Å²) >= 11 is 2.29. The monoisotopic (exact) mass is 469 g/mol. The molecule has 3 aliphatic heterocycles. The summed E-state index contributed by atoms with van der Waals surface area (Å²) in [7, 11) is 0. The molecule has 1 fully saturated rings. The van der Waals surface area contributed by atoms with Crippen molar-refractivity contribution < 1.29 is 33.2 Å². The molecule has 1 saturated heterocycles. The van der Waals surface area contributed by atoms with E-state index in [1.165, 1.54) is 23.0 Å². The molecule has 3 rings (SSSR count). The van der Waals surface area contributed by atoms with Gasteiger partial charge in [0.05, 0.1) is 19.4 Å². The van der Waals surface area contributed by atoms with E-state index in [-0.39, 0.29) is 22.6 Å². The van der Waals surface area contributed by atoms with Gasteiger partial charge in [0.2, 0.25) is 0 Å². The molecule has 3 aliphatic rings. The lowest BCUT2D eigenvalue weighted by molar-refractivity contribution is -0.129. The molecule has 1 unspecified atom stereocenters. The van der Waals surface area contributed by atoms with Crippen molar-refractivity contribution in [3.8, 4) is 0 Å². The highest BCUT2D eigenvalue weighted by Gasteiger charge is 2.54. The third kappa shape index (κ3) is 4.53. The first kappa shape index (κ1) is 23.5. The summed E-state index contributed by atoms with van der Waals surface area (Å²) in [4.78, 5) is 14.2. The van der Waals surface area contributed by atoms with Crippen LogP contribution in [0.3, 0.4) is 0 Å². The topological polar surface area (TPSA) is 134 Å². The van der Waals surface area contributed by atoms with E-state index in [4.69, 9.17) is 10.1 Å². The van der Waals surface area contributed by atoms with E-state index < -0.39 is 49.3 Å². The summed E-state index contributed by atoms with van der Waals surface area (Å²) < 4.78 is 43.0. The normalized spacial score (nSPS) is 33.7. The highest BCUT2D eigenvalue weighted by Crippen LogP contribution is 2.36. The average Bonchev–Trinajstić information content (AvgIpc) is 3.18. The first-order valence-electron chi connectivity index (χ1n) is 9.04. The zero-order chi connectivity index (χ0) is 22.1. The van der Waals surface area contributed by atoms with Gasteiger partial charge in [0.25, 0.3) is 0 Å². The zero-order valence-electron chi connectivity index (χ0n) is 15.9. The average molecular weight is 470 g/mol. The SMILES string of the molecule is CSCCC12N=CN([C@@H]3O[C@H](CO)[C@@H](O)[C@H]3O)C1=NC(SCCC(F)(F)F)=NC2=N. The molecule has 5 atom stereocenters. The van der Waals surface area contributed by atoms with E-state index in [0.29, 0.717) is 12.2 Å². The number of amidine groups is 3. The van der Waals surface area contributed by atoms with Gasteiger partial charge in [0, 0.05) is 5.75 Å².